The summed E-state index contributed by atoms with van der Waals surface area (Å²) in [5.74, 6) is -1.33. The van der Waals surface area contributed by atoms with Crippen molar-refractivity contribution < 1.29 is 24.0 Å². The Morgan fingerprint density at radius 2 is 1.71 bits per heavy atom. The number of benzene rings is 1. The van der Waals surface area contributed by atoms with Crippen molar-refractivity contribution in [2.75, 3.05) is 6.54 Å². The zero-order valence-electron chi connectivity index (χ0n) is 13.4. The molecule has 0 saturated heterocycles. The van der Waals surface area contributed by atoms with E-state index in [-0.39, 0.29) is 11.3 Å². The van der Waals surface area contributed by atoms with Crippen LogP contribution >= 0.6 is 0 Å². The molecule has 1 aromatic carbocycles. The molecule has 0 spiro atoms. The van der Waals surface area contributed by atoms with Crippen LogP contribution in [0.2, 0.25) is 0 Å². The lowest BCUT2D eigenvalue weighted by Gasteiger charge is -2.19. The monoisotopic (exact) mass is 338 g/mol. The number of nitrogens with one attached hydrogen (secondary N) is 3. The molecule has 0 aliphatic carbocycles. The first-order chi connectivity index (χ1) is 11.1. The summed E-state index contributed by atoms with van der Waals surface area (Å²) in [7, 11) is 0. The van der Waals surface area contributed by atoms with Crippen LogP contribution < -0.4 is 16.2 Å². The molecule has 1 aromatic rings. The second-order valence-electron chi connectivity index (χ2n) is 5.66. The molecule has 130 valence electrons. The Labute approximate surface area is 137 Å². The van der Waals surface area contributed by atoms with Crippen LogP contribution in [0, 0.1) is 10.1 Å². The van der Waals surface area contributed by atoms with Gasteiger partial charge in [-0.25, -0.2) is 4.79 Å². The van der Waals surface area contributed by atoms with Crippen LogP contribution in [-0.2, 0) is 9.53 Å². The van der Waals surface area contributed by atoms with Crippen LogP contribution in [0.25, 0.3) is 0 Å². The quantitative estimate of drug-likeness (QED) is 0.550. The van der Waals surface area contributed by atoms with Crippen LogP contribution in [0.5, 0.6) is 0 Å². The van der Waals surface area contributed by atoms with Crippen LogP contribution in [0.1, 0.15) is 31.1 Å². The predicted molar refractivity (Wildman–Crippen MR) is 82.9 cm³/mol. The van der Waals surface area contributed by atoms with Crippen molar-refractivity contribution in [2.45, 2.75) is 26.4 Å². The lowest BCUT2D eigenvalue weighted by Crippen LogP contribution is -2.47. The van der Waals surface area contributed by atoms with E-state index in [1.165, 1.54) is 24.3 Å². The average Bonchev–Trinajstić information content (AvgIpc) is 2.49. The molecule has 0 atom stereocenters. The number of non-ortho nitro benzene ring substituents is 1. The second-order valence-corrected chi connectivity index (χ2v) is 5.66. The molecule has 10 heteroatoms. The average molecular weight is 338 g/mol. The van der Waals surface area contributed by atoms with Crippen molar-refractivity contribution >= 4 is 23.6 Å². The molecular weight excluding hydrogens is 320 g/mol. The Balaban J connectivity index is 2.39. The molecule has 3 N–H and O–H groups in total. The van der Waals surface area contributed by atoms with E-state index in [1.54, 1.807) is 20.8 Å². The Bertz CT molecular complexity index is 636. The van der Waals surface area contributed by atoms with Gasteiger partial charge in [0.15, 0.2) is 0 Å². The fraction of sp³-hybridized carbons (Fsp3) is 0.357. The summed E-state index contributed by atoms with van der Waals surface area (Å²) >= 11 is 0. The minimum Gasteiger partial charge on any atom is -0.444 e. The molecular formula is C14H18N4O6. The van der Waals surface area contributed by atoms with Crippen molar-refractivity contribution in [3.8, 4) is 0 Å². The van der Waals surface area contributed by atoms with E-state index < -0.39 is 35.0 Å². The lowest BCUT2D eigenvalue weighted by atomic mass is 10.2. The molecule has 1 rings (SSSR count). The van der Waals surface area contributed by atoms with Gasteiger partial charge in [-0.2, -0.15) is 0 Å². The van der Waals surface area contributed by atoms with Crippen molar-refractivity contribution in [1.29, 1.82) is 0 Å². The van der Waals surface area contributed by atoms with Crippen molar-refractivity contribution in [2.24, 2.45) is 0 Å². The molecule has 0 fully saturated rings. The van der Waals surface area contributed by atoms with Gasteiger partial charge in [0.2, 0.25) is 0 Å². The van der Waals surface area contributed by atoms with Gasteiger partial charge in [-0.15, -0.1) is 0 Å². The van der Waals surface area contributed by atoms with Crippen LogP contribution in [0.15, 0.2) is 24.3 Å². The van der Waals surface area contributed by atoms with Gasteiger partial charge in [0, 0.05) is 17.7 Å². The number of nitrogens with zero attached hydrogens (tertiary/aromatic N) is 1. The van der Waals surface area contributed by atoms with Crippen molar-refractivity contribution in [3.63, 3.8) is 0 Å². The van der Waals surface area contributed by atoms with Gasteiger partial charge in [0.05, 0.1) is 4.92 Å². The number of nitro groups is 1. The molecule has 0 aromatic heterocycles. The highest BCUT2D eigenvalue weighted by molar-refractivity contribution is 5.95. The Morgan fingerprint density at radius 1 is 1.12 bits per heavy atom. The van der Waals surface area contributed by atoms with Crippen molar-refractivity contribution in [3.05, 3.63) is 39.9 Å². The fourth-order valence-corrected chi connectivity index (χ4v) is 1.44. The van der Waals surface area contributed by atoms with Gasteiger partial charge >= 0.3 is 6.09 Å². The Morgan fingerprint density at radius 3 is 2.21 bits per heavy atom. The molecule has 0 bridgehead atoms. The number of ether oxygens (including phenoxy) is 1. The summed E-state index contributed by atoms with van der Waals surface area (Å²) < 4.78 is 4.94. The van der Waals surface area contributed by atoms with Gasteiger partial charge in [-0.05, 0) is 32.9 Å². The first-order valence-corrected chi connectivity index (χ1v) is 6.89. The number of amides is 3. The molecule has 0 saturated carbocycles. The standard InChI is InChI=1S/C14H18N4O6/c1-14(2,3)24-13(21)15-8-11(19)16-17-12(20)9-4-6-10(7-5-9)18(22)23/h4-7H,8H2,1-3H3,(H,15,21)(H,16,19)(H,17,20). The van der Waals surface area contributed by atoms with Crippen LogP contribution in [0.3, 0.4) is 0 Å². The highest BCUT2D eigenvalue weighted by Gasteiger charge is 2.17. The van der Waals surface area contributed by atoms with E-state index in [9.17, 15) is 24.5 Å². The minimum absolute atomic E-state index is 0.126. The second kappa shape index (κ2) is 7.90. The number of alkyl carbamates (subject to hydrolysis) is 1. The molecule has 24 heavy (non-hydrogen) atoms. The third-order valence-corrected chi connectivity index (χ3v) is 2.45. The maximum atomic E-state index is 11.7. The maximum Gasteiger partial charge on any atom is 0.408 e. The highest BCUT2D eigenvalue weighted by atomic mass is 16.6. The fourth-order valence-electron chi connectivity index (χ4n) is 1.44. The smallest absolute Gasteiger partial charge is 0.408 e. The van der Waals surface area contributed by atoms with E-state index in [1.807, 2.05) is 0 Å². The Kier molecular flexibility index (Phi) is 6.22. The summed E-state index contributed by atoms with van der Waals surface area (Å²) in [6.07, 6.45) is -0.764. The van der Waals surface area contributed by atoms with Crippen molar-refractivity contribution in [1.82, 2.24) is 16.2 Å². The summed E-state index contributed by atoms with van der Waals surface area (Å²) in [5.41, 5.74) is 3.49. The van der Waals surface area contributed by atoms with Crippen LogP contribution in [-0.4, -0.2) is 35.0 Å². The van der Waals surface area contributed by atoms with E-state index in [0.29, 0.717) is 0 Å². The molecule has 10 nitrogen and oxygen atoms in total. The number of hydrazine groups is 1. The van der Waals surface area contributed by atoms with Gasteiger partial charge in [-0.3, -0.25) is 30.6 Å². The summed E-state index contributed by atoms with van der Waals surface area (Å²) in [6.45, 7) is 4.64. The molecule has 0 heterocycles. The normalized spacial score (nSPS) is 10.5. The van der Waals surface area contributed by atoms with E-state index in [4.69, 9.17) is 4.74 Å². The topological polar surface area (TPSA) is 140 Å². The highest BCUT2D eigenvalue weighted by Crippen LogP contribution is 2.11. The SMILES string of the molecule is CC(C)(C)OC(=O)NCC(=O)NNC(=O)c1ccc([N+](=O)[O-])cc1. The molecule has 0 unspecified atom stereocenters. The zero-order chi connectivity index (χ0) is 18.3. The first kappa shape index (κ1) is 18.9. The minimum atomic E-state index is -0.764. The third kappa shape index (κ3) is 6.73. The molecule has 0 radical (unpaired) electrons. The molecule has 0 aliphatic rings. The Hall–Kier alpha value is -3.17. The summed E-state index contributed by atoms with van der Waals surface area (Å²) in [5, 5.41) is 12.7. The number of rotatable bonds is 4. The number of carbonyl (C=O) groups excluding carboxylic acids is 3. The number of nitro benzene ring substituents is 1. The van der Waals surface area contributed by atoms with Crippen LogP contribution in [0.4, 0.5) is 10.5 Å². The van der Waals surface area contributed by atoms with Gasteiger partial charge in [0.1, 0.15) is 12.1 Å². The summed E-state index contributed by atoms with van der Waals surface area (Å²) in [4.78, 5) is 44.5. The van der Waals surface area contributed by atoms with E-state index in [0.717, 1.165) is 0 Å². The predicted octanol–water partition coefficient (Wildman–Crippen LogP) is 0.881. The molecule has 3 amide bonds. The maximum absolute atomic E-state index is 11.7. The molecule has 0 aliphatic heterocycles. The van der Waals surface area contributed by atoms with E-state index >= 15 is 0 Å². The zero-order valence-corrected chi connectivity index (χ0v) is 13.4. The first-order valence-electron chi connectivity index (χ1n) is 6.89. The number of carbonyl (C=O) groups is 3. The number of hydrogen-bond donors (Lipinski definition) is 3. The lowest BCUT2D eigenvalue weighted by molar-refractivity contribution is -0.384. The third-order valence-electron chi connectivity index (χ3n) is 2.45. The van der Waals surface area contributed by atoms with E-state index in [2.05, 4.69) is 16.2 Å². The van der Waals surface area contributed by atoms with Gasteiger partial charge in [0.25, 0.3) is 17.5 Å². The summed E-state index contributed by atoms with van der Waals surface area (Å²) in [6, 6.07) is 4.83. The van der Waals surface area contributed by atoms with Gasteiger partial charge < -0.3 is 10.1 Å². The largest absolute Gasteiger partial charge is 0.444 e. The van der Waals surface area contributed by atoms with Gasteiger partial charge in [-0.1, -0.05) is 0 Å². The number of hydrogen-bond acceptors (Lipinski definition) is 6.